The van der Waals surface area contributed by atoms with Crippen molar-refractivity contribution in [2.24, 2.45) is 0 Å². The lowest BCUT2D eigenvalue weighted by Crippen LogP contribution is -2.37. The third kappa shape index (κ3) is 10.2. The summed E-state index contributed by atoms with van der Waals surface area (Å²) in [5.41, 5.74) is 1.53. The minimum absolute atomic E-state index is 0.205. The fourth-order valence-corrected chi connectivity index (χ4v) is 4.30. The topological polar surface area (TPSA) is 110 Å². The van der Waals surface area contributed by atoms with Crippen LogP contribution in [0.2, 0.25) is 0 Å². The maximum Gasteiger partial charge on any atom is 0.416 e. The highest BCUT2D eigenvalue weighted by atomic mass is 16.6. The molecule has 0 unspecified atom stereocenters. The number of aromatic nitrogens is 3. The van der Waals surface area contributed by atoms with E-state index in [1.165, 1.54) is 0 Å². The number of carbonyl (C=O) groups is 2. The molecule has 0 aliphatic carbocycles. The minimum atomic E-state index is -0.658. The van der Waals surface area contributed by atoms with Crippen molar-refractivity contribution in [2.75, 3.05) is 23.3 Å². The zero-order valence-corrected chi connectivity index (χ0v) is 26.5. The van der Waals surface area contributed by atoms with Crippen LogP contribution in [0, 0.1) is 0 Å². The first-order chi connectivity index (χ1) is 19.7. The Kier molecular flexibility index (Phi) is 11.2. The lowest BCUT2D eigenvalue weighted by molar-refractivity contribution is 0.0524. The highest BCUT2D eigenvalue weighted by Gasteiger charge is 2.27. The van der Waals surface area contributed by atoms with Crippen LogP contribution in [0.1, 0.15) is 98.1 Å². The van der Waals surface area contributed by atoms with E-state index in [4.69, 9.17) is 14.5 Å². The molecule has 0 aliphatic rings. The summed E-state index contributed by atoms with van der Waals surface area (Å²) in [6.07, 6.45) is 4.79. The third-order valence-electron chi connectivity index (χ3n) is 6.25. The molecule has 0 spiro atoms. The molecule has 2 aromatic heterocycles. The molecule has 3 rings (SSSR count). The monoisotopic (exact) mass is 580 g/mol. The molecule has 10 heteroatoms. The van der Waals surface area contributed by atoms with Gasteiger partial charge in [0, 0.05) is 24.7 Å². The van der Waals surface area contributed by atoms with Crippen LogP contribution in [-0.2, 0) is 16.0 Å². The molecule has 2 heterocycles. The molecule has 0 atom stereocenters. The summed E-state index contributed by atoms with van der Waals surface area (Å²) < 4.78 is 12.8. The number of nitrogens with zero attached hydrogens (tertiary/aromatic N) is 4. The van der Waals surface area contributed by atoms with Crippen molar-refractivity contribution in [2.45, 2.75) is 105 Å². The van der Waals surface area contributed by atoms with E-state index in [0.29, 0.717) is 30.4 Å². The first kappa shape index (κ1) is 32.7. The van der Waals surface area contributed by atoms with Gasteiger partial charge in [-0.1, -0.05) is 57.0 Å². The Bertz CT molecular complexity index is 1310. The number of benzene rings is 1. The Morgan fingerprint density at radius 3 is 2.19 bits per heavy atom. The smallest absolute Gasteiger partial charge is 0.416 e. The van der Waals surface area contributed by atoms with Gasteiger partial charge in [0.05, 0.1) is 12.7 Å². The zero-order chi connectivity index (χ0) is 30.9. The quantitative estimate of drug-likeness (QED) is 0.216. The summed E-state index contributed by atoms with van der Waals surface area (Å²) in [5.74, 6) is 1.46. The van der Waals surface area contributed by atoms with Gasteiger partial charge in [-0.25, -0.2) is 14.6 Å². The Balaban J connectivity index is 1.73. The van der Waals surface area contributed by atoms with Gasteiger partial charge in [0.15, 0.2) is 5.65 Å². The molecular weight excluding hydrogens is 532 g/mol. The average molecular weight is 581 g/mol. The molecule has 3 aromatic rings. The molecular formula is C32H48N6O4. The van der Waals surface area contributed by atoms with E-state index in [1.807, 2.05) is 84.1 Å². The maximum absolute atomic E-state index is 13.5. The second-order valence-corrected chi connectivity index (χ2v) is 12.8. The van der Waals surface area contributed by atoms with Crippen LogP contribution in [-0.4, -0.2) is 51.1 Å². The van der Waals surface area contributed by atoms with Crippen LogP contribution in [0.4, 0.5) is 21.2 Å². The summed E-state index contributed by atoms with van der Waals surface area (Å²) in [6.45, 7) is 17.0. The van der Waals surface area contributed by atoms with Gasteiger partial charge in [-0.2, -0.15) is 9.61 Å². The predicted octanol–water partition coefficient (Wildman–Crippen LogP) is 7.29. The molecule has 0 saturated heterocycles. The molecule has 0 bridgehead atoms. The van der Waals surface area contributed by atoms with Gasteiger partial charge in [0.2, 0.25) is 0 Å². The van der Waals surface area contributed by atoms with E-state index < -0.39 is 17.3 Å². The van der Waals surface area contributed by atoms with Gasteiger partial charge in [-0.15, -0.1) is 0 Å². The van der Waals surface area contributed by atoms with Crippen molar-refractivity contribution in [3.8, 4) is 0 Å². The van der Waals surface area contributed by atoms with Crippen LogP contribution in [0.3, 0.4) is 0 Å². The second kappa shape index (κ2) is 14.4. The molecule has 1 aromatic carbocycles. The number of fused-ring (bicyclic) bond motifs is 1. The Labute approximate surface area is 250 Å². The predicted molar refractivity (Wildman–Crippen MR) is 167 cm³/mol. The van der Waals surface area contributed by atoms with E-state index >= 15 is 0 Å². The maximum atomic E-state index is 13.5. The molecule has 42 heavy (non-hydrogen) atoms. The molecule has 10 nitrogen and oxygen atoms in total. The molecule has 0 fully saturated rings. The summed E-state index contributed by atoms with van der Waals surface area (Å²) in [4.78, 5) is 31.8. The van der Waals surface area contributed by atoms with E-state index in [1.54, 1.807) is 9.42 Å². The molecule has 2 amide bonds. The van der Waals surface area contributed by atoms with Crippen molar-refractivity contribution in [1.82, 2.24) is 19.9 Å². The second-order valence-electron chi connectivity index (χ2n) is 12.8. The number of carbonyl (C=O) groups excluding carboxylic acids is 2. The van der Waals surface area contributed by atoms with Gasteiger partial charge in [-0.3, -0.25) is 4.90 Å². The van der Waals surface area contributed by atoms with Gasteiger partial charge >= 0.3 is 12.2 Å². The van der Waals surface area contributed by atoms with Crippen molar-refractivity contribution in [1.29, 1.82) is 0 Å². The largest absolute Gasteiger partial charge is 0.444 e. The minimum Gasteiger partial charge on any atom is -0.444 e. The normalized spacial score (nSPS) is 11.9. The fraction of sp³-hybridized carbons (Fsp3) is 0.562. The first-order valence-electron chi connectivity index (χ1n) is 14.9. The summed E-state index contributed by atoms with van der Waals surface area (Å²) in [6, 6.07) is 11.7. The number of unbranched alkanes of at least 4 members (excludes halogenated alkanes) is 3. The zero-order valence-electron chi connectivity index (χ0n) is 26.5. The van der Waals surface area contributed by atoms with Gasteiger partial charge in [0.1, 0.15) is 22.8 Å². The van der Waals surface area contributed by atoms with Gasteiger partial charge in [0.25, 0.3) is 0 Å². The van der Waals surface area contributed by atoms with Gasteiger partial charge in [-0.05, 0) is 65.9 Å². The Hall–Kier alpha value is -3.82. The Morgan fingerprint density at radius 2 is 1.57 bits per heavy atom. The van der Waals surface area contributed by atoms with Crippen molar-refractivity contribution in [3.05, 3.63) is 53.7 Å². The van der Waals surface area contributed by atoms with Crippen LogP contribution < -0.4 is 15.5 Å². The molecule has 0 radical (unpaired) electrons. The van der Waals surface area contributed by atoms with Crippen molar-refractivity contribution in [3.63, 3.8) is 0 Å². The van der Waals surface area contributed by atoms with Crippen molar-refractivity contribution >= 4 is 29.5 Å². The van der Waals surface area contributed by atoms with Crippen LogP contribution in [0.15, 0.2) is 42.6 Å². The summed E-state index contributed by atoms with van der Waals surface area (Å²) in [7, 11) is 0. The van der Waals surface area contributed by atoms with Crippen LogP contribution in [0.25, 0.3) is 5.65 Å². The molecule has 0 saturated carbocycles. The highest BCUT2D eigenvalue weighted by molar-refractivity contribution is 5.88. The average Bonchev–Trinajstić information content (AvgIpc) is 3.31. The standard InChI is InChI=1S/C32H48N6O4/c1-23(2)25-21-35-38-27(37(30(40)42-32(6,7)8)22-24-16-12-11-13-17-24)20-26(36-28(25)38)33-18-14-9-10-15-19-34-29(39)41-31(3,4)5/h11-13,16-17,20-21,23H,9-10,14-15,18-19,22H2,1-8H3,(H,33,36)(H,34,39). The van der Waals surface area contributed by atoms with Crippen molar-refractivity contribution < 1.29 is 19.1 Å². The lowest BCUT2D eigenvalue weighted by Gasteiger charge is -2.28. The number of hydrogen-bond donors (Lipinski definition) is 2. The number of alkyl carbamates (subject to hydrolysis) is 1. The number of hydrogen-bond acceptors (Lipinski definition) is 7. The number of rotatable bonds is 12. The SMILES string of the molecule is CC(C)c1cnn2c(N(Cc3ccccc3)C(=O)OC(C)(C)C)cc(NCCCCCCNC(=O)OC(C)(C)C)nc12. The molecule has 2 N–H and O–H groups in total. The van der Waals surface area contributed by atoms with E-state index in [2.05, 4.69) is 29.6 Å². The van der Waals surface area contributed by atoms with E-state index in [9.17, 15) is 9.59 Å². The third-order valence-corrected chi connectivity index (χ3v) is 6.25. The van der Waals surface area contributed by atoms with Gasteiger partial charge < -0.3 is 20.1 Å². The van der Waals surface area contributed by atoms with Crippen LogP contribution in [0.5, 0.6) is 0 Å². The van der Waals surface area contributed by atoms with E-state index in [0.717, 1.165) is 43.4 Å². The number of nitrogens with one attached hydrogen (secondary N) is 2. The fourth-order valence-electron chi connectivity index (χ4n) is 4.30. The van der Waals surface area contributed by atoms with E-state index in [-0.39, 0.29) is 12.0 Å². The number of ether oxygens (including phenoxy) is 2. The summed E-state index contributed by atoms with van der Waals surface area (Å²) >= 11 is 0. The number of amides is 2. The number of anilines is 2. The van der Waals surface area contributed by atoms with Crippen LogP contribution >= 0.6 is 0 Å². The molecule has 0 aliphatic heterocycles. The first-order valence-corrected chi connectivity index (χ1v) is 14.9. The highest BCUT2D eigenvalue weighted by Crippen LogP contribution is 2.28. The summed E-state index contributed by atoms with van der Waals surface area (Å²) in [5, 5.41) is 10.9. The Morgan fingerprint density at radius 1 is 0.929 bits per heavy atom. The molecule has 230 valence electrons. The lowest BCUT2D eigenvalue weighted by atomic mass is 10.1.